The molecule has 1 spiro atoms. The summed E-state index contributed by atoms with van der Waals surface area (Å²) in [6.07, 6.45) is 4.80. The molecule has 0 aromatic heterocycles. The lowest BCUT2D eigenvalue weighted by atomic mass is 9.78. The van der Waals surface area contributed by atoms with Gasteiger partial charge in [0.15, 0.2) is 0 Å². The van der Waals surface area contributed by atoms with Gasteiger partial charge in [0.2, 0.25) is 0 Å². The van der Waals surface area contributed by atoms with E-state index in [4.69, 9.17) is 9.84 Å². The molecule has 116 valence electrons. The van der Waals surface area contributed by atoms with Crippen molar-refractivity contribution in [3.63, 3.8) is 0 Å². The zero-order chi connectivity index (χ0) is 14.6. The van der Waals surface area contributed by atoms with Crippen molar-refractivity contribution in [2.24, 2.45) is 5.92 Å². The predicted octanol–water partition coefficient (Wildman–Crippen LogP) is 1.75. The summed E-state index contributed by atoms with van der Waals surface area (Å²) in [6, 6.07) is 0.218. The van der Waals surface area contributed by atoms with Crippen LogP contribution < -0.4 is 5.32 Å². The summed E-state index contributed by atoms with van der Waals surface area (Å²) in [7, 11) is 0. The molecular formula is C15H28N2O3. The zero-order valence-electron chi connectivity index (χ0n) is 12.7. The standard InChI is InChI=1S/C15H28N2O3/c1-12(2)16-14(19)17-7-5-15(6-8-17)11-13(3-9-18)4-10-20-15/h12-13,18H,3-11H2,1-2H3,(H,16,19). The number of rotatable bonds is 3. The van der Waals surface area contributed by atoms with Crippen molar-refractivity contribution in [1.29, 1.82) is 0 Å². The summed E-state index contributed by atoms with van der Waals surface area (Å²) in [5.74, 6) is 0.574. The van der Waals surface area contributed by atoms with Gasteiger partial charge < -0.3 is 20.1 Å². The van der Waals surface area contributed by atoms with Crippen molar-refractivity contribution < 1.29 is 14.6 Å². The molecule has 1 atom stereocenters. The first-order chi connectivity index (χ1) is 9.54. The SMILES string of the molecule is CC(C)NC(=O)N1CCC2(CC1)CC(CCO)CCO2. The van der Waals surface area contributed by atoms with Crippen molar-refractivity contribution in [1.82, 2.24) is 10.2 Å². The van der Waals surface area contributed by atoms with E-state index in [9.17, 15) is 4.79 Å². The normalized spacial score (nSPS) is 26.0. The number of hydrogen-bond acceptors (Lipinski definition) is 3. The van der Waals surface area contributed by atoms with E-state index in [0.29, 0.717) is 5.92 Å². The fourth-order valence-electron chi connectivity index (χ4n) is 3.36. The lowest BCUT2D eigenvalue weighted by Gasteiger charge is -2.46. The van der Waals surface area contributed by atoms with Crippen LogP contribution in [0.5, 0.6) is 0 Å². The summed E-state index contributed by atoms with van der Waals surface area (Å²) < 4.78 is 6.05. The van der Waals surface area contributed by atoms with E-state index >= 15 is 0 Å². The van der Waals surface area contributed by atoms with Crippen molar-refractivity contribution in [2.75, 3.05) is 26.3 Å². The number of nitrogens with one attached hydrogen (secondary N) is 1. The van der Waals surface area contributed by atoms with E-state index in [2.05, 4.69) is 5.32 Å². The van der Waals surface area contributed by atoms with E-state index < -0.39 is 0 Å². The maximum Gasteiger partial charge on any atom is 0.317 e. The molecule has 0 aromatic carbocycles. The van der Waals surface area contributed by atoms with Crippen LogP contribution in [0.25, 0.3) is 0 Å². The second kappa shape index (κ2) is 6.76. The first kappa shape index (κ1) is 15.6. The monoisotopic (exact) mass is 284 g/mol. The third kappa shape index (κ3) is 3.85. The molecule has 0 bridgehead atoms. The van der Waals surface area contributed by atoms with Crippen LogP contribution in [0.2, 0.25) is 0 Å². The Morgan fingerprint density at radius 3 is 2.75 bits per heavy atom. The molecule has 2 heterocycles. The number of hydrogen-bond donors (Lipinski definition) is 2. The van der Waals surface area contributed by atoms with Gasteiger partial charge in [0.05, 0.1) is 5.60 Å². The van der Waals surface area contributed by atoms with Crippen LogP contribution in [0.3, 0.4) is 0 Å². The van der Waals surface area contributed by atoms with Crippen LogP contribution in [0.1, 0.15) is 46.0 Å². The fraction of sp³-hybridized carbons (Fsp3) is 0.933. The average molecular weight is 284 g/mol. The average Bonchev–Trinajstić information content (AvgIpc) is 2.39. The summed E-state index contributed by atoms with van der Waals surface area (Å²) in [4.78, 5) is 13.9. The third-order valence-corrected chi connectivity index (χ3v) is 4.51. The number of carbonyl (C=O) groups is 1. The molecule has 2 saturated heterocycles. The van der Waals surface area contributed by atoms with Gasteiger partial charge in [0.1, 0.15) is 0 Å². The highest BCUT2D eigenvalue weighted by Gasteiger charge is 2.40. The van der Waals surface area contributed by atoms with Crippen molar-refractivity contribution >= 4 is 6.03 Å². The van der Waals surface area contributed by atoms with Gasteiger partial charge >= 0.3 is 6.03 Å². The van der Waals surface area contributed by atoms with Gasteiger partial charge in [-0.15, -0.1) is 0 Å². The largest absolute Gasteiger partial charge is 0.396 e. The Morgan fingerprint density at radius 2 is 2.15 bits per heavy atom. The maximum atomic E-state index is 12.0. The number of piperidine rings is 1. The number of urea groups is 1. The number of likely N-dealkylation sites (tertiary alicyclic amines) is 1. The predicted molar refractivity (Wildman–Crippen MR) is 77.6 cm³/mol. The smallest absolute Gasteiger partial charge is 0.317 e. The van der Waals surface area contributed by atoms with Crippen molar-refractivity contribution in [3.8, 4) is 0 Å². The van der Waals surface area contributed by atoms with Gasteiger partial charge in [-0.1, -0.05) is 0 Å². The second-order valence-electron chi connectivity index (χ2n) is 6.49. The Kier molecular flexibility index (Phi) is 5.27. The van der Waals surface area contributed by atoms with Crippen LogP contribution in [-0.4, -0.2) is 54.0 Å². The lowest BCUT2D eigenvalue weighted by molar-refractivity contribution is -0.124. The maximum absolute atomic E-state index is 12.0. The number of nitrogens with zero attached hydrogens (tertiary/aromatic N) is 1. The van der Waals surface area contributed by atoms with E-state index in [1.54, 1.807) is 0 Å². The van der Waals surface area contributed by atoms with Gasteiger partial charge in [0, 0.05) is 32.3 Å². The highest BCUT2D eigenvalue weighted by Crippen LogP contribution is 2.38. The molecule has 0 aromatic rings. The summed E-state index contributed by atoms with van der Waals surface area (Å²) in [5, 5.41) is 12.0. The van der Waals surface area contributed by atoms with E-state index in [1.165, 1.54) is 0 Å². The minimum atomic E-state index is -0.0489. The number of aliphatic hydroxyl groups excluding tert-OH is 1. The molecule has 20 heavy (non-hydrogen) atoms. The minimum Gasteiger partial charge on any atom is -0.396 e. The van der Waals surface area contributed by atoms with Gasteiger partial charge in [-0.3, -0.25) is 0 Å². The molecule has 2 rings (SSSR count). The quantitative estimate of drug-likeness (QED) is 0.830. The summed E-state index contributed by atoms with van der Waals surface area (Å²) in [6.45, 7) is 6.56. The first-order valence-electron chi connectivity index (χ1n) is 7.85. The number of carbonyl (C=O) groups excluding carboxylic acids is 1. The van der Waals surface area contributed by atoms with E-state index in [0.717, 1.165) is 51.8 Å². The Balaban J connectivity index is 1.85. The Morgan fingerprint density at radius 1 is 1.45 bits per heavy atom. The minimum absolute atomic E-state index is 0.0394. The molecule has 2 N–H and O–H groups in total. The van der Waals surface area contributed by atoms with Crippen molar-refractivity contribution in [2.45, 2.75) is 57.6 Å². The van der Waals surface area contributed by atoms with Crippen LogP contribution in [-0.2, 0) is 4.74 Å². The summed E-state index contributed by atoms with van der Waals surface area (Å²) in [5.41, 5.74) is -0.0489. The fourth-order valence-corrected chi connectivity index (χ4v) is 3.36. The molecule has 2 aliphatic heterocycles. The number of amides is 2. The Bertz CT molecular complexity index is 323. The third-order valence-electron chi connectivity index (χ3n) is 4.51. The molecule has 1 unspecified atom stereocenters. The Labute approximate surface area is 121 Å². The molecule has 0 aliphatic carbocycles. The molecular weight excluding hydrogens is 256 g/mol. The summed E-state index contributed by atoms with van der Waals surface area (Å²) >= 11 is 0. The number of ether oxygens (including phenoxy) is 1. The molecule has 0 saturated carbocycles. The van der Waals surface area contributed by atoms with Gasteiger partial charge in [0.25, 0.3) is 0 Å². The Hall–Kier alpha value is -0.810. The van der Waals surface area contributed by atoms with E-state index in [1.807, 2.05) is 18.7 Å². The van der Waals surface area contributed by atoms with Crippen LogP contribution >= 0.6 is 0 Å². The molecule has 2 fully saturated rings. The first-order valence-corrected chi connectivity index (χ1v) is 7.85. The topological polar surface area (TPSA) is 61.8 Å². The van der Waals surface area contributed by atoms with E-state index in [-0.39, 0.29) is 24.3 Å². The van der Waals surface area contributed by atoms with Gasteiger partial charge in [-0.05, 0) is 51.9 Å². The van der Waals surface area contributed by atoms with Crippen LogP contribution in [0, 0.1) is 5.92 Å². The van der Waals surface area contributed by atoms with Crippen LogP contribution in [0.4, 0.5) is 4.79 Å². The number of aliphatic hydroxyl groups is 1. The van der Waals surface area contributed by atoms with Crippen LogP contribution in [0.15, 0.2) is 0 Å². The molecule has 2 aliphatic rings. The van der Waals surface area contributed by atoms with Gasteiger partial charge in [-0.25, -0.2) is 4.79 Å². The lowest BCUT2D eigenvalue weighted by Crippen LogP contribution is -2.53. The molecule has 0 radical (unpaired) electrons. The zero-order valence-corrected chi connectivity index (χ0v) is 12.7. The molecule has 2 amide bonds. The van der Waals surface area contributed by atoms with Gasteiger partial charge in [-0.2, -0.15) is 0 Å². The second-order valence-corrected chi connectivity index (χ2v) is 6.49. The molecule has 5 heteroatoms. The molecule has 5 nitrogen and oxygen atoms in total. The highest BCUT2D eigenvalue weighted by atomic mass is 16.5. The van der Waals surface area contributed by atoms with Crippen molar-refractivity contribution in [3.05, 3.63) is 0 Å². The highest BCUT2D eigenvalue weighted by molar-refractivity contribution is 5.74.